The second-order valence-corrected chi connectivity index (χ2v) is 10.1. The molecule has 6 heteroatoms. The Morgan fingerprint density at radius 3 is 2.59 bits per heavy atom. The standard InChI is InChI=1S/C26H34FN3O2/c1-16-10-13-23(25(31)28-16)30-15-21-20(26(30)32)12-11-18(24(21)27)14-17-6-2-5-9-22(17)29-19-7-3-4-8-19/h11-12,17,19,22-23,29H,1-10,13-15H2,(H,28,31)/t17-,22+,23?/m1/s1. The van der Waals surface area contributed by atoms with Gasteiger partial charge in [-0.15, -0.1) is 0 Å². The van der Waals surface area contributed by atoms with E-state index < -0.39 is 6.04 Å². The van der Waals surface area contributed by atoms with Crippen LogP contribution in [0.3, 0.4) is 0 Å². The average molecular weight is 440 g/mol. The Balaban J connectivity index is 1.32. The molecule has 1 unspecified atom stereocenters. The van der Waals surface area contributed by atoms with Crippen molar-refractivity contribution in [2.75, 3.05) is 0 Å². The monoisotopic (exact) mass is 439 g/mol. The van der Waals surface area contributed by atoms with Gasteiger partial charge in [0.1, 0.15) is 11.9 Å². The molecule has 2 saturated carbocycles. The normalized spacial score (nSPS) is 28.8. The van der Waals surface area contributed by atoms with Crippen LogP contribution in [0, 0.1) is 11.7 Å². The van der Waals surface area contributed by atoms with Crippen LogP contribution >= 0.6 is 0 Å². The molecule has 0 radical (unpaired) electrons. The lowest BCUT2D eigenvalue weighted by Gasteiger charge is -2.34. The summed E-state index contributed by atoms with van der Waals surface area (Å²) in [6.07, 6.45) is 11.8. The molecule has 5 rings (SSSR count). The van der Waals surface area contributed by atoms with Gasteiger partial charge in [0.05, 0.1) is 6.54 Å². The number of amides is 2. The van der Waals surface area contributed by atoms with Gasteiger partial charge in [0, 0.05) is 28.9 Å². The quantitative estimate of drug-likeness (QED) is 0.723. The van der Waals surface area contributed by atoms with Crippen molar-refractivity contribution in [1.29, 1.82) is 0 Å². The van der Waals surface area contributed by atoms with E-state index in [1.165, 1.54) is 49.8 Å². The second kappa shape index (κ2) is 8.97. The molecule has 2 heterocycles. The molecule has 172 valence electrons. The molecule has 1 aromatic carbocycles. The molecule has 4 aliphatic rings. The highest BCUT2D eigenvalue weighted by Gasteiger charge is 2.40. The van der Waals surface area contributed by atoms with Crippen molar-refractivity contribution in [1.82, 2.24) is 15.5 Å². The molecule has 2 aliphatic carbocycles. The number of fused-ring (bicyclic) bond motifs is 1. The van der Waals surface area contributed by atoms with E-state index in [1.54, 1.807) is 12.1 Å². The molecule has 0 bridgehead atoms. The fourth-order valence-corrected chi connectivity index (χ4v) is 6.24. The van der Waals surface area contributed by atoms with Gasteiger partial charge in [-0.05, 0) is 62.5 Å². The molecule has 2 N–H and O–H groups in total. The van der Waals surface area contributed by atoms with E-state index in [2.05, 4.69) is 17.2 Å². The lowest BCUT2D eigenvalue weighted by molar-refractivity contribution is -0.126. The molecule has 2 amide bonds. The molecule has 3 atom stereocenters. The van der Waals surface area contributed by atoms with Crippen molar-refractivity contribution in [2.45, 2.75) is 95.3 Å². The van der Waals surface area contributed by atoms with Gasteiger partial charge in [-0.3, -0.25) is 9.59 Å². The Morgan fingerprint density at radius 2 is 1.81 bits per heavy atom. The first-order chi connectivity index (χ1) is 15.5. The molecule has 5 nitrogen and oxygen atoms in total. The van der Waals surface area contributed by atoms with Gasteiger partial charge in [0.2, 0.25) is 5.91 Å². The van der Waals surface area contributed by atoms with Gasteiger partial charge in [-0.25, -0.2) is 4.39 Å². The third-order valence-electron chi connectivity index (χ3n) is 8.04. The fourth-order valence-electron chi connectivity index (χ4n) is 6.24. The zero-order valence-corrected chi connectivity index (χ0v) is 18.8. The third kappa shape index (κ3) is 4.09. The Bertz CT molecular complexity index is 924. The second-order valence-electron chi connectivity index (χ2n) is 10.1. The predicted molar refractivity (Wildman–Crippen MR) is 121 cm³/mol. The summed E-state index contributed by atoms with van der Waals surface area (Å²) in [7, 11) is 0. The lowest BCUT2D eigenvalue weighted by atomic mass is 9.80. The van der Waals surface area contributed by atoms with Gasteiger partial charge in [0.25, 0.3) is 5.91 Å². The molecule has 3 fully saturated rings. The first kappa shape index (κ1) is 21.6. The number of carbonyl (C=O) groups excluding carboxylic acids is 2. The summed E-state index contributed by atoms with van der Waals surface area (Å²) in [5.74, 6) is -0.271. The number of hydrogen-bond acceptors (Lipinski definition) is 3. The maximum atomic E-state index is 15.6. The van der Waals surface area contributed by atoms with Crippen molar-refractivity contribution < 1.29 is 14.0 Å². The number of nitrogens with zero attached hydrogens (tertiary/aromatic N) is 1. The maximum Gasteiger partial charge on any atom is 0.255 e. The van der Waals surface area contributed by atoms with Crippen LogP contribution in [-0.2, 0) is 17.8 Å². The minimum Gasteiger partial charge on any atom is -0.329 e. The summed E-state index contributed by atoms with van der Waals surface area (Å²) in [6, 6.07) is 4.10. The van der Waals surface area contributed by atoms with Crippen molar-refractivity contribution >= 4 is 11.8 Å². The molecular formula is C26H34FN3O2. The molecule has 0 spiro atoms. The minimum absolute atomic E-state index is 0.173. The molecular weight excluding hydrogens is 405 g/mol. The number of hydrogen-bond donors (Lipinski definition) is 2. The summed E-state index contributed by atoms with van der Waals surface area (Å²) < 4.78 is 15.6. The van der Waals surface area contributed by atoms with Gasteiger partial charge in [0.15, 0.2) is 0 Å². The van der Waals surface area contributed by atoms with E-state index in [0.717, 1.165) is 6.42 Å². The van der Waals surface area contributed by atoms with Crippen molar-refractivity contribution in [2.24, 2.45) is 5.92 Å². The Labute approximate surface area is 189 Å². The van der Waals surface area contributed by atoms with E-state index in [1.807, 2.05) is 0 Å². The average Bonchev–Trinajstić information content (AvgIpc) is 3.40. The van der Waals surface area contributed by atoms with Crippen LogP contribution in [0.25, 0.3) is 0 Å². The summed E-state index contributed by atoms with van der Waals surface area (Å²) in [5, 5.41) is 6.63. The highest BCUT2D eigenvalue weighted by Crippen LogP contribution is 2.34. The first-order valence-electron chi connectivity index (χ1n) is 12.4. The number of nitrogens with one attached hydrogen (secondary N) is 2. The summed E-state index contributed by atoms with van der Waals surface area (Å²) >= 11 is 0. The van der Waals surface area contributed by atoms with Gasteiger partial charge in [-0.2, -0.15) is 0 Å². The number of benzene rings is 1. The van der Waals surface area contributed by atoms with E-state index in [0.29, 0.717) is 59.7 Å². The summed E-state index contributed by atoms with van der Waals surface area (Å²) in [4.78, 5) is 26.9. The van der Waals surface area contributed by atoms with Crippen molar-refractivity contribution in [3.05, 3.63) is 46.9 Å². The summed E-state index contributed by atoms with van der Waals surface area (Å²) in [6.45, 7) is 3.98. The zero-order chi connectivity index (χ0) is 22.2. The Morgan fingerprint density at radius 1 is 1.06 bits per heavy atom. The number of rotatable bonds is 5. The van der Waals surface area contributed by atoms with Crippen molar-refractivity contribution in [3.63, 3.8) is 0 Å². The van der Waals surface area contributed by atoms with Crippen LogP contribution in [-0.4, -0.2) is 34.8 Å². The first-order valence-corrected chi connectivity index (χ1v) is 12.4. The number of carbonyl (C=O) groups is 2. The Hall–Kier alpha value is -2.21. The fraction of sp³-hybridized carbons (Fsp3) is 0.615. The molecule has 0 aromatic heterocycles. The van der Waals surface area contributed by atoms with Crippen LogP contribution < -0.4 is 10.6 Å². The molecule has 1 aromatic rings. The van der Waals surface area contributed by atoms with Gasteiger partial charge in [-0.1, -0.05) is 38.3 Å². The van der Waals surface area contributed by atoms with E-state index >= 15 is 4.39 Å². The molecule has 1 saturated heterocycles. The predicted octanol–water partition coefficient (Wildman–Crippen LogP) is 4.21. The highest BCUT2D eigenvalue weighted by molar-refractivity contribution is 6.01. The van der Waals surface area contributed by atoms with Crippen molar-refractivity contribution in [3.8, 4) is 0 Å². The zero-order valence-electron chi connectivity index (χ0n) is 18.8. The highest BCUT2D eigenvalue weighted by atomic mass is 19.1. The maximum absolute atomic E-state index is 15.6. The lowest BCUT2D eigenvalue weighted by Crippen LogP contribution is -2.49. The van der Waals surface area contributed by atoms with Crippen LogP contribution in [0.1, 0.15) is 85.7 Å². The molecule has 2 aliphatic heterocycles. The van der Waals surface area contributed by atoms with E-state index in [-0.39, 0.29) is 24.2 Å². The Kier molecular flexibility index (Phi) is 6.06. The minimum atomic E-state index is -0.554. The summed E-state index contributed by atoms with van der Waals surface area (Å²) in [5.41, 5.74) is 2.26. The topological polar surface area (TPSA) is 61.4 Å². The van der Waals surface area contributed by atoms with Crippen LogP contribution in [0.4, 0.5) is 4.39 Å². The van der Waals surface area contributed by atoms with Crippen LogP contribution in [0.15, 0.2) is 24.4 Å². The SMILES string of the molecule is C=C1CCC(N2Cc3c(ccc(C[C@H]4CCCC[C@@H]4NC4CCCC4)c3F)C2=O)C(=O)N1. The number of allylic oxidation sites excluding steroid dienone is 1. The van der Waals surface area contributed by atoms with Crippen LogP contribution in [0.5, 0.6) is 0 Å². The van der Waals surface area contributed by atoms with Crippen LogP contribution in [0.2, 0.25) is 0 Å². The number of halogens is 1. The van der Waals surface area contributed by atoms with Gasteiger partial charge >= 0.3 is 0 Å². The molecule has 32 heavy (non-hydrogen) atoms. The third-order valence-corrected chi connectivity index (χ3v) is 8.04. The largest absolute Gasteiger partial charge is 0.329 e. The van der Waals surface area contributed by atoms with E-state index in [9.17, 15) is 9.59 Å². The van der Waals surface area contributed by atoms with E-state index in [4.69, 9.17) is 0 Å². The number of piperidine rings is 1. The smallest absolute Gasteiger partial charge is 0.255 e. The van der Waals surface area contributed by atoms with Gasteiger partial charge < -0.3 is 15.5 Å².